The van der Waals surface area contributed by atoms with Crippen molar-refractivity contribution in [3.8, 4) is 0 Å². The highest BCUT2D eigenvalue weighted by Gasteiger charge is 2.34. The number of carbonyl (C=O) groups is 1. The minimum Gasteiger partial charge on any atom is -0.444 e. The van der Waals surface area contributed by atoms with Crippen LogP contribution in [0.2, 0.25) is 0 Å². The van der Waals surface area contributed by atoms with Crippen molar-refractivity contribution in [2.24, 2.45) is 11.8 Å². The van der Waals surface area contributed by atoms with Crippen LogP contribution < -0.4 is 10.6 Å². The van der Waals surface area contributed by atoms with Crippen molar-refractivity contribution in [2.75, 3.05) is 6.54 Å². The van der Waals surface area contributed by atoms with Gasteiger partial charge in [-0.3, -0.25) is 0 Å². The lowest BCUT2D eigenvalue weighted by atomic mass is 10.0. The number of hydrogen-bond donors (Lipinski definition) is 2. The molecule has 0 radical (unpaired) electrons. The van der Waals surface area contributed by atoms with Crippen molar-refractivity contribution in [1.29, 1.82) is 0 Å². The highest BCUT2D eigenvalue weighted by molar-refractivity contribution is 5.68. The van der Waals surface area contributed by atoms with Gasteiger partial charge in [0.25, 0.3) is 0 Å². The molecule has 0 saturated heterocycles. The van der Waals surface area contributed by atoms with Crippen LogP contribution in [0.15, 0.2) is 0 Å². The van der Waals surface area contributed by atoms with Gasteiger partial charge >= 0.3 is 6.09 Å². The fourth-order valence-corrected chi connectivity index (χ4v) is 3.37. The predicted octanol–water partition coefficient (Wildman–Crippen LogP) is 3.46. The summed E-state index contributed by atoms with van der Waals surface area (Å²) in [5.41, 5.74) is -0.426. The Kier molecular flexibility index (Phi) is 5.53. The predicted molar refractivity (Wildman–Crippen MR) is 85.3 cm³/mol. The van der Waals surface area contributed by atoms with Crippen molar-refractivity contribution in [3.05, 3.63) is 0 Å². The average molecular weight is 296 g/mol. The Hall–Kier alpha value is -0.770. The third kappa shape index (κ3) is 5.50. The molecule has 2 fully saturated rings. The first-order valence-electron chi connectivity index (χ1n) is 8.62. The van der Waals surface area contributed by atoms with Gasteiger partial charge in [0.2, 0.25) is 0 Å². The zero-order valence-corrected chi connectivity index (χ0v) is 14.1. The van der Waals surface area contributed by atoms with Crippen LogP contribution in [0, 0.1) is 11.8 Å². The van der Waals surface area contributed by atoms with E-state index in [0.29, 0.717) is 12.0 Å². The quantitative estimate of drug-likeness (QED) is 0.789. The van der Waals surface area contributed by atoms with Gasteiger partial charge in [-0.05, 0) is 58.3 Å². The van der Waals surface area contributed by atoms with E-state index in [1.807, 2.05) is 20.8 Å². The number of carbonyl (C=O) groups excluding carboxylic acids is 1. The summed E-state index contributed by atoms with van der Waals surface area (Å²) in [5.74, 6) is 1.44. The number of rotatable bonds is 6. The molecule has 2 rings (SSSR count). The molecule has 2 aliphatic rings. The molecule has 3 atom stereocenters. The van der Waals surface area contributed by atoms with Crippen molar-refractivity contribution in [3.63, 3.8) is 0 Å². The summed E-state index contributed by atoms with van der Waals surface area (Å²) in [7, 11) is 0. The summed E-state index contributed by atoms with van der Waals surface area (Å²) in [5, 5.41) is 6.77. The van der Waals surface area contributed by atoms with Crippen LogP contribution in [0.3, 0.4) is 0 Å². The Balaban J connectivity index is 1.78. The Morgan fingerprint density at radius 1 is 1.24 bits per heavy atom. The van der Waals surface area contributed by atoms with Gasteiger partial charge in [0, 0.05) is 18.6 Å². The molecule has 0 bridgehead atoms. The highest BCUT2D eigenvalue weighted by atomic mass is 16.6. The van der Waals surface area contributed by atoms with E-state index in [-0.39, 0.29) is 12.1 Å². The van der Waals surface area contributed by atoms with Gasteiger partial charge < -0.3 is 15.4 Å². The van der Waals surface area contributed by atoms with Crippen LogP contribution in [-0.2, 0) is 4.74 Å². The largest absolute Gasteiger partial charge is 0.444 e. The molecule has 3 unspecified atom stereocenters. The first-order valence-corrected chi connectivity index (χ1v) is 8.62. The van der Waals surface area contributed by atoms with E-state index in [9.17, 15) is 4.79 Å². The number of ether oxygens (including phenoxy) is 1. The molecule has 0 aromatic carbocycles. The average Bonchev–Trinajstić information content (AvgIpc) is 3.11. The van der Waals surface area contributed by atoms with Crippen molar-refractivity contribution >= 4 is 6.09 Å². The molecule has 2 aliphatic carbocycles. The van der Waals surface area contributed by atoms with Gasteiger partial charge in [0.1, 0.15) is 5.60 Å². The van der Waals surface area contributed by atoms with Crippen molar-refractivity contribution < 1.29 is 9.53 Å². The van der Waals surface area contributed by atoms with E-state index in [1.54, 1.807) is 0 Å². The smallest absolute Gasteiger partial charge is 0.407 e. The van der Waals surface area contributed by atoms with E-state index in [2.05, 4.69) is 17.6 Å². The maximum absolute atomic E-state index is 12.0. The zero-order valence-electron chi connectivity index (χ0n) is 14.1. The Morgan fingerprint density at radius 3 is 2.52 bits per heavy atom. The van der Waals surface area contributed by atoms with Gasteiger partial charge in [0.15, 0.2) is 0 Å². The summed E-state index contributed by atoms with van der Waals surface area (Å²) in [6.45, 7) is 8.87. The number of amides is 1. The Labute approximate surface area is 129 Å². The first kappa shape index (κ1) is 16.6. The van der Waals surface area contributed by atoms with Crippen molar-refractivity contribution in [2.45, 2.75) is 83.9 Å². The molecule has 21 heavy (non-hydrogen) atoms. The fraction of sp³-hybridized carbons (Fsp3) is 0.941. The summed E-state index contributed by atoms with van der Waals surface area (Å²) in [6, 6.07) is 0.856. The second-order valence-electron chi connectivity index (χ2n) is 7.70. The SMILES string of the molecule is CCC1CCCC1NCC(NC(=O)OC(C)(C)C)C1CC1. The molecule has 0 heterocycles. The lowest BCUT2D eigenvalue weighted by Gasteiger charge is -2.26. The van der Waals surface area contributed by atoms with E-state index < -0.39 is 5.60 Å². The normalized spacial score (nSPS) is 27.4. The zero-order chi connectivity index (χ0) is 15.5. The molecule has 0 aromatic heterocycles. The van der Waals surface area contributed by atoms with Crippen molar-refractivity contribution in [1.82, 2.24) is 10.6 Å². The maximum Gasteiger partial charge on any atom is 0.407 e. The summed E-state index contributed by atoms with van der Waals surface area (Å²) >= 11 is 0. The van der Waals surface area contributed by atoms with Gasteiger partial charge in [0.05, 0.1) is 0 Å². The van der Waals surface area contributed by atoms with E-state index in [0.717, 1.165) is 12.5 Å². The highest BCUT2D eigenvalue weighted by Crippen LogP contribution is 2.33. The van der Waals surface area contributed by atoms with Crippen LogP contribution >= 0.6 is 0 Å². The monoisotopic (exact) mass is 296 g/mol. The lowest BCUT2D eigenvalue weighted by Crippen LogP contribution is -2.48. The Bertz CT molecular complexity index is 347. The molecule has 0 aromatic rings. The third-order valence-corrected chi connectivity index (χ3v) is 4.68. The summed E-state index contributed by atoms with van der Waals surface area (Å²) in [4.78, 5) is 12.0. The lowest BCUT2D eigenvalue weighted by molar-refractivity contribution is 0.0496. The summed E-state index contributed by atoms with van der Waals surface area (Å²) < 4.78 is 5.38. The van der Waals surface area contributed by atoms with Gasteiger partial charge in [-0.2, -0.15) is 0 Å². The maximum atomic E-state index is 12.0. The number of nitrogens with one attached hydrogen (secondary N) is 2. The standard InChI is InChI=1S/C17H32N2O2/c1-5-12-7-6-8-14(12)18-11-15(13-9-10-13)19-16(20)21-17(2,3)4/h12-15,18H,5-11H2,1-4H3,(H,19,20). The molecule has 0 spiro atoms. The fourth-order valence-electron chi connectivity index (χ4n) is 3.37. The second-order valence-corrected chi connectivity index (χ2v) is 7.70. The molecule has 4 nitrogen and oxygen atoms in total. The van der Waals surface area contributed by atoms with Gasteiger partial charge in [-0.25, -0.2) is 4.79 Å². The Morgan fingerprint density at radius 2 is 1.95 bits per heavy atom. The summed E-state index contributed by atoms with van der Waals surface area (Å²) in [6.07, 6.45) is 7.40. The van der Waals surface area contributed by atoms with E-state index in [4.69, 9.17) is 4.74 Å². The second kappa shape index (κ2) is 6.99. The first-order chi connectivity index (χ1) is 9.89. The van der Waals surface area contributed by atoms with Gasteiger partial charge in [-0.15, -0.1) is 0 Å². The third-order valence-electron chi connectivity index (χ3n) is 4.68. The molecule has 0 aliphatic heterocycles. The molecule has 2 saturated carbocycles. The minimum absolute atomic E-state index is 0.220. The topological polar surface area (TPSA) is 50.4 Å². The number of alkyl carbamates (subject to hydrolysis) is 1. The molecule has 122 valence electrons. The number of hydrogen-bond acceptors (Lipinski definition) is 3. The molecular weight excluding hydrogens is 264 g/mol. The van der Waals surface area contributed by atoms with Crippen LogP contribution in [0.4, 0.5) is 4.79 Å². The van der Waals surface area contributed by atoms with E-state index >= 15 is 0 Å². The molecule has 1 amide bonds. The molecule has 4 heteroatoms. The van der Waals surface area contributed by atoms with Crippen LogP contribution in [0.1, 0.15) is 66.2 Å². The minimum atomic E-state index is -0.426. The molecule has 2 N–H and O–H groups in total. The van der Waals surface area contributed by atoms with Crippen LogP contribution in [0.25, 0.3) is 0 Å². The van der Waals surface area contributed by atoms with Crippen LogP contribution in [0.5, 0.6) is 0 Å². The molecular formula is C17H32N2O2. The van der Waals surface area contributed by atoms with Crippen LogP contribution in [-0.4, -0.2) is 30.3 Å². The van der Waals surface area contributed by atoms with Gasteiger partial charge in [-0.1, -0.05) is 19.8 Å². The van der Waals surface area contributed by atoms with E-state index in [1.165, 1.54) is 38.5 Å².